The topological polar surface area (TPSA) is 41.5 Å². The third kappa shape index (κ3) is 5.93. The van der Waals surface area contributed by atoms with E-state index in [2.05, 4.69) is 43.1 Å². The second-order valence-corrected chi connectivity index (χ2v) is 8.59. The first-order chi connectivity index (χ1) is 10.1. The lowest BCUT2D eigenvalue weighted by molar-refractivity contribution is 0.0128. The molecule has 0 aromatic carbocycles. The van der Waals surface area contributed by atoms with Crippen molar-refractivity contribution in [2.75, 3.05) is 32.1 Å². The smallest absolute Gasteiger partial charge is 0.0897 e. The molecule has 0 amide bonds. The van der Waals surface area contributed by atoms with E-state index in [4.69, 9.17) is 4.74 Å². The monoisotopic (exact) mass is 313 g/mol. The van der Waals surface area contributed by atoms with Crippen LogP contribution in [0.4, 0.5) is 0 Å². The molecule has 4 atom stereocenters. The lowest BCUT2D eigenvalue weighted by atomic mass is 9.85. The van der Waals surface area contributed by atoms with Crippen molar-refractivity contribution in [3.63, 3.8) is 0 Å². The number of aliphatic hydroxyl groups excluding tert-OH is 1. The molecule has 0 saturated carbocycles. The molecule has 1 heterocycles. The van der Waals surface area contributed by atoms with Crippen molar-refractivity contribution in [1.29, 1.82) is 0 Å². The van der Waals surface area contributed by atoms with Crippen molar-refractivity contribution < 1.29 is 9.84 Å². The van der Waals surface area contributed by atoms with Crippen molar-refractivity contribution >= 4 is 11.8 Å². The molecule has 0 aromatic rings. The Morgan fingerprint density at radius 1 is 1.43 bits per heavy atom. The van der Waals surface area contributed by atoms with Gasteiger partial charge in [-0.25, -0.2) is 0 Å². The molecular formula is C17H31NO2S. The van der Waals surface area contributed by atoms with Gasteiger partial charge in [-0.15, -0.1) is 0 Å². The molecule has 2 N–H and O–H groups in total. The van der Waals surface area contributed by atoms with E-state index in [1.54, 1.807) is 0 Å². The molecule has 0 radical (unpaired) electrons. The van der Waals surface area contributed by atoms with Crippen LogP contribution in [-0.4, -0.2) is 48.0 Å². The summed E-state index contributed by atoms with van der Waals surface area (Å²) in [5, 5.41) is 13.4. The highest BCUT2D eigenvalue weighted by Gasteiger charge is 2.29. The molecule has 122 valence electrons. The van der Waals surface area contributed by atoms with Crippen molar-refractivity contribution in [3.05, 3.63) is 12.2 Å². The number of thioether (sulfide) groups is 1. The Hall–Kier alpha value is -0.0300. The van der Waals surface area contributed by atoms with Crippen molar-refractivity contribution in [2.24, 2.45) is 11.8 Å². The second-order valence-electron chi connectivity index (χ2n) is 6.90. The number of nitrogens with one attached hydrogen (secondary N) is 1. The van der Waals surface area contributed by atoms with Crippen LogP contribution in [0.1, 0.15) is 39.5 Å². The number of ether oxygens (including phenoxy) is 1. The van der Waals surface area contributed by atoms with Gasteiger partial charge >= 0.3 is 0 Å². The van der Waals surface area contributed by atoms with E-state index in [0.717, 1.165) is 26.0 Å². The Kier molecular flexibility index (Phi) is 7.06. The van der Waals surface area contributed by atoms with Gasteiger partial charge in [-0.05, 0) is 50.2 Å². The molecule has 0 spiro atoms. The Morgan fingerprint density at radius 2 is 2.24 bits per heavy atom. The van der Waals surface area contributed by atoms with Crippen LogP contribution < -0.4 is 5.32 Å². The average Bonchev–Trinajstić information content (AvgIpc) is 2.88. The van der Waals surface area contributed by atoms with Gasteiger partial charge in [0.15, 0.2) is 0 Å². The number of hydrogen-bond donors (Lipinski definition) is 2. The summed E-state index contributed by atoms with van der Waals surface area (Å²) >= 11 is 2.05. The molecule has 4 heteroatoms. The molecule has 1 saturated heterocycles. The zero-order valence-electron chi connectivity index (χ0n) is 13.5. The SMILES string of the molecule is CC1CC=CCC1COCC(O)CNCC1(C)CCCS1. The van der Waals surface area contributed by atoms with Gasteiger partial charge in [0.05, 0.1) is 19.3 Å². The number of allylic oxidation sites excluding steroid dienone is 2. The molecule has 4 unspecified atom stereocenters. The van der Waals surface area contributed by atoms with Crippen LogP contribution in [0, 0.1) is 11.8 Å². The van der Waals surface area contributed by atoms with Gasteiger partial charge in [0.2, 0.25) is 0 Å². The summed E-state index contributed by atoms with van der Waals surface area (Å²) in [5.74, 6) is 2.59. The summed E-state index contributed by atoms with van der Waals surface area (Å²) in [6.45, 7) is 7.45. The number of hydrogen-bond acceptors (Lipinski definition) is 4. The maximum absolute atomic E-state index is 9.99. The Labute approximate surface area is 133 Å². The van der Waals surface area contributed by atoms with Gasteiger partial charge in [0.25, 0.3) is 0 Å². The summed E-state index contributed by atoms with van der Waals surface area (Å²) in [4.78, 5) is 0. The fourth-order valence-corrected chi connectivity index (χ4v) is 4.41. The van der Waals surface area contributed by atoms with Crippen LogP contribution >= 0.6 is 11.8 Å². The predicted molar refractivity (Wildman–Crippen MR) is 90.8 cm³/mol. The van der Waals surface area contributed by atoms with Gasteiger partial charge in [-0.3, -0.25) is 0 Å². The molecule has 1 aliphatic heterocycles. The van der Waals surface area contributed by atoms with Crippen LogP contribution in [-0.2, 0) is 4.74 Å². The Morgan fingerprint density at radius 3 is 2.95 bits per heavy atom. The largest absolute Gasteiger partial charge is 0.389 e. The minimum atomic E-state index is -0.394. The number of aliphatic hydroxyl groups is 1. The molecule has 1 fully saturated rings. The summed E-state index contributed by atoms with van der Waals surface area (Å²) < 4.78 is 6.09. The third-order valence-electron chi connectivity index (χ3n) is 4.74. The van der Waals surface area contributed by atoms with Crippen molar-refractivity contribution in [3.8, 4) is 0 Å². The van der Waals surface area contributed by atoms with Crippen molar-refractivity contribution in [2.45, 2.75) is 50.4 Å². The first-order valence-corrected chi connectivity index (χ1v) is 9.33. The molecule has 2 rings (SSSR count). The van der Waals surface area contributed by atoms with Crippen LogP contribution in [0.3, 0.4) is 0 Å². The lowest BCUT2D eigenvalue weighted by Crippen LogP contribution is -2.38. The normalized spacial score (nSPS) is 34.2. The zero-order valence-corrected chi connectivity index (χ0v) is 14.3. The minimum Gasteiger partial charge on any atom is -0.389 e. The highest BCUT2D eigenvalue weighted by Crippen LogP contribution is 2.36. The summed E-state index contributed by atoms with van der Waals surface area (Å²) in [6, 6.07) is 0. The van der Waals surface area contributed by atoms with E-state index in [1.807, 2.05) is 0 Å². The van der Waals surface area contributed by atoms with E-state index >= 15 is 0 Å². The van der Waals surface area contributed by atoms with E-state index in [9.17, 15) is 5.11 Å². The van der Waals surface area contributed by atoms with Crippen LogP contribution in [0.5, 0.6) is 0 Å². The molecule has 0 aromatic heterocycles. The standard InChI is InChI=1S/C17H31NO2S/c1-14-6-3-4-7-15(14)11-20-12-16(19)10-18-13-17(2)8-5-9-21-17/h3-4,14-16,18-19H,5-13H2,1-2H3. The van der Waals surface area contributed by atoms with Gasteiger partial charge in [0, 0.05) is 17.8 Å². The summed E-state index contributed by atoms with van der Waals surface area (Å²) in [6.07, 6.45) is 9.01. The Bertz CT molecular complexity index is 329. The third-order valence-corrected chi connectivity index (χ3v) is 6.28. The van der Waals surface area contributed by atoms with Crippen LogP contribution in [0.25, 0.3) is 0 Å². The molecule has 0 bridgehead atoms. The predicted octanol–water partition coefficient (Wildman–Crippen LogP) is 2.84. The van der Waals surface area contributed by atoms with E-state index in [1.165, 1.54) is 18.6 Å². The molecule has 21 heavy (non-hydrogen) atoms. The highest BCUT2D eigenvalue weighted by molar-refractivity contribution is 8.00. The minimum absolute atomic E-state index is 0.366. The van der Waals surface area contributed by atoms with Gasteiger partial charge in [-0.2, -0.15) is 11.8 Å². The fourth-order valence-electron chi connectivity index (χ4n) is 3.13. The lowest BCUT2D eigenvalue weighted by Gasteiger charge is -2.26. The van der Waals surface area contributed by atoms with E-state index < -0.39 is 6.10 Å². The maximum Gasteiger partial charge on any atom is 0.0897 e. The Balaban J connectivity index is 1.53. The number of rotatable bonds is 8. The highest BCUT2D eigenvalue weighted by atomic mass is 32.2. The van der Waals surface area contributed by atoms with Crippen LogP contribution in [0.15, 0.2) is 12.2 Å². The quantitative estimate of drug-likeness (QED) is 0.676. The van der Waals surface area contributed by atoms with Gasteiger partial charge in [-0.1, -0.05) is 19.1 Å². The van der Waals surface area contributed by atoms with E-state index in [-0.39, 0.29) is 0 Å². The fraction of sp³-hybridized carbons (Fsp3) is 0.882. The van der Waals surface area contributed by atoms with Crippen LogP contribution in [0.2, 0.25) is 0 Å². The van der Waals surface area contributed by atoms with E-state index in [0.29, 0.717) is 29.7 Å². The van der Waals surface area contributed by atoms with Gasteiger partial charge in [0.1, 0.15) is 0 Å². The summed E-state index contributed by atoms with van der Waals surface area (Å²) in [7, 11) is 0. The van der Waals surface area contributed by atoms with Gasteiger partial charge < -0.3 is 15.2 Å². The first-order valence-electron chi connectivity index (χ1n) is 8.34. The molecule has 2 aliphatic rings. The second kappa shape index (κ2) is 8.56. The van der Waals surface area contributed by atoms with Crippen molar-refractivity contribution in [1.82, 2.24) is 5.32 Å². The first kappa shape index (κ1) is 17.3. The molecular weight excluding hydrogens is 282 g/mol. The maximum atomic E-state index is 9.99. The zero-order chi connectivity index (χ0) is 15.1. The summed E-state index contributed by atoms with van der Waals surface area (Å²) in [5.41, 5.74) is 0. The molecule has 3 nitrogen and oxygen atoms in total. The molecule has 1 aliphatic carbocycles. The average molecular weight is 314 g/mol.